The number of nitrogens with zero attached hydrogens (tertiary/aromatic N) is 2. The zero-order chi connectivity index (χ0) is 16.9. The molecule has 23 heavy (non-hydrogen) atoms. The average molecular weight is 360 g/mol. The Kier molecular flexibility index (Phi) is 6.12. The van der Waals surface area contributed by atoms with Crippen LogP contribution in [0.5, 0.6) is 0 Å². The highest BCUT2D eigenvalue weighted by molar-refractivity contribution is 7.91. The van der Waals surface area contributed by atoms with E-state index in [0.717, 1.165) is 5.69 Å². The van der Waals surface area contributed by atoms with Gasteiger partial charge in [-0.2, -0.15) is 0 Å². The fourth-order valence-electron chi connectivity index (χ4n) is 2.43. The molecule has 1 aliphatic heterocycles. The van der Waals surface area contributed by atoms with Gasteiger partial charge in [-0.15, -0.1) is 0 Å². The predicted molar refractivity (Wildman–Crippen MR) is 93.0 cm³/mol. The zero-order valence-electron chi connectivity index (χ0n) is 13.2. The van der Waals surface area contributed by atoms with E-state index in [0.29, 0.717) is 31.2 Å². The number of urea groups is 1. The number of amides is 2. The molecule has 0 unspecified atom stereocenters. The fraction of sp³-hybridized carbons (Fsp3) is 0.533. The second kappa shape index (κ2) is 7.88. The summed E-state index contributed by atoms with van der Waals surface area (Å²) < 4.78 is 22.8. The summed E-state index contributed by atoms with van der Waals surface area (Å²) in [5.41, 5.74) is 0.975. The number of piperazine rings is 1. The Balaban J connectivity index is 1.80. The first-order valence-corrected chi connectivity index (χ1v) is 9.85. The van der Waals surface area contributed by atoms with Gasteiger partial charge in [-0.1, -0.05) is 30.7 Å². The van der Waals surface area contributed by atoms with E-state index in [1.54, 1.807) is 11.8 Å². The van der Waals surface area contributed by atoms with Crippen molar-refractivity contribution in [3.8, 4) is 0 Å². The van der Waals surface area contributed by atoms with Crippen molar-refractivity contribution in [1.82, 2.24) is 10.2 Å². The lowest BCUT2D eigenvalue weighted by Gasteiger charge is -2.36. The van der Waals surface area contributed by atoms with Crippen LogP contribution in [0, 0.1) is 0 Å². The van der Waals surface area contributed by atoms with Gasteiger partial charge in [0.15, 0.2) is 9.84 Å². The molecule has 128 valence electrons. The first-order chi connectivity index (χ1) is 10.9. The highest BCUT2D eigenvalue weighted by Gasteiger charge is 2.22. The molecule has 0 aromatic heterocycles. The molecule has 8 heteroatoms. The molecule has 0 saturated carbocycles. The van der Waals surface area contributed by atoms with Gasteiger partial charge >= 0.3 is 6.03 Å². The van der Waals surface area contributed by atoms with Crippen LogP contribution in [0.4, 0.5) is 10.5 Å². The number of halogens is 1. The Morgan fingerprint density at radius 1 is 1.22 bits per heavy atom. The molecule has 1 aromatic rings. The van der Waals surface area contributed by atoms with Crippen LogP contribution in [-0.4, -0.2) is 63.6 Å². The number of carbonyl (C=O) groups is 1. The van der Waals surface area contributed by atoms with Crippen LogP contribution in [0.3, 0.4) is 0 Å². The van der Waals surface area contributed by atoms with Gasteiger partial charge in [-0.3, -0.25) is 0 Å². The fourth-order valence-corrected chi connectivity index (χ4v) is 3.39. The van der Waals surface area contributed by atoms with Crippen molar-refractivity contribution in [3.05, 3.63) is 29.3 Å². The number of anilines is 1. The molecule has 0 aliphatic carbocycles. The maximum atomic E-state index is 12.1. The van der Waals surface area contributed by atoms with Gasteiger partial charge in [-0.25, -0.2) is 13.2 Å². The summed E-state index contributed by atoms with van der Waals surface area (Å²) in [5.74, 6) is 0.0776. The Labute approximate surface area is 142 Å². The van der Waals surface area contributed by atoms with Crippen LogP contribution in [-0.2, 0) is 9.84 Å². The molecular formula is C15H22ClN3O3S. The molecular weight excluding hydrogens is 338 g/mol. The van der Waals surface area contributed by atoms with E-state index in [-0.39, 0.29) is 24.1 Å². The molecule has 1 saturated heterocycles. The molecule has 1 aromatic carbocycles. The van der Waals surface area contributed by atoms with E-state index in [1.807, 2.05) is 24.3 Å². The Morgan fingerprint density at radius 2 is 1.87 bits per heavy atom. The van der Waals surface area contributed by atoms with Gasteiger partial charge in [0.1, 0.15) is 0 Å². The quantitative estimate of drug-likeness (QED) is 0.867. The highest BCUT2D eigenvalue weighted by atomic mass is 35.5. The maximum absolute atomic E-state index is 12.1. The lowest BCUT2D eigenvalue weighted by atomic mass is 10.2. The van der Waals surface area contributed by atoms with E-state index in [2.05, 4.69) is 10.2 Å². The lowest BCUT2D eigenvalue weighted by molar-refractivity contribution is 0.195. The summed E-state index contributed by atoms with van der Waals surface area (Å²) in [7, 11) is -3.05. The van der Waals surface area contributed by atoms with E-state index in [9.17, 15) is 13.2 Å². The number of hydrogen-bond donors (Lipinski definition) is 1. The van der Waals surface area contributed by atoms with Gasteiger partial charge in [0.05, 0.1) is 16.5 Å². The maximum Gasteiger partial charge on any atom is 0.317 e. The Hall–Kier alpha value is -1.47. The van der Waals surface area contributed by atoms with E-state index in [1.165, 1.54) is 0 Å². The predicted octanol–water partition coefficient (Wildman–Crippen LogP) is 1.61. The summed E-state index contributed by atoms with van der Waals surface area (Å²) >= 11 is 6.19. The number of benzene rings is 1. The van der Waals surface area contributed by atoms with Crippen molar-refractivity contribution < 1.29 is 13.2 Å². The second-order valence-electron chi connectivity index (χ2n) is 5.39. The first-order valence-electron chi connectivity index (χ1n) is 7.65. The van der Waals surface area contributed by atoms with Crippen LogP contribution in [0.25, 0.3) is 0 Å². The van der Waals surface area contributed by atoms with Crippen molar-refractivity contribution in [1.29, 1.82) is 0 Å². The largest absolute Gasteiger partial charge is 0.367 e. The van der Waals surface area contributed by atoms with E-state index >= 15 is 0 Å². The number of para-hydroxylation sites is 1. The molecule has 0 bridgehead atoms. The summed E-state index contributed by atoms with van der Waals surface area (Å²) in [6, 6.07) is 7.43. The number of nitrogens with one attached hydrogen (secondary N) is 1. The molecule has 2 rings (SSSR count). The monoisotopic (exact) mass is 359 g/mol. The van der Waals surface area contributed by atoms with Crippen molar-refractivity contribution in [2.45, 2.75) is 6.92 Å². The zero-order valence-corrected chi connectivity index (χ0v) is 14.7. The highest BCUT2D eigenvalue weighted by Crippen LogP contribution is 2.25. The molecule has 1 aliphatic rings. The molecule has 2 amide bonds. The van der Waals surface area contributed by atoms with Crippen LogP contribution in [0.15, 0.2) is 24.3 Å². The van der Waals surface area contributed by atoms with Gasteiger partial charge in [0.25, 0.3) is 0 Å². The topological polar surface area (TPSA) is 69.7 Å². The molecule has 0 atom stereocenters. The van der Waals surface area contributed by atoms with Gasteiger partial charge in [0, 0.05) is 38.5 Å². The first kappa shape index (κ1) is 17.9. The molecule has 1 N–H and O–H groups in total. The van der Waals surface area contributed by atoms with Gasteiger partial charge < -0.3 is 15.1 Å². The normalized spacial score (nSPS) is 15.6. The summed E-state index contributed by atoms with van der Waals surface area (Å²) in [4.78, 5) is 15.9. The molecule has 0 spiro atoms. The molecule has 1 heterocycles. The number of sulfone groups is 1. The SMILES string of the molecule is CCS(=O)(=O)CCNC(=O)N1CCN(c2ccccc2Cl)CC1. The minimum absolute atomic E-state index is 0.0190. The van der Waals surface area contributed by atoms with Crippen LogP contribution in [0.1, 0.15) is 6.92 Å². The van der Waals surface area contributed by atoms with Crippen molar-refractivity contribution >= 4 is 33.2 Å². The third-order valence-corrected chi connectivity index (χ3v) is 5.91. The number of carbonyl (C=O) groups excluding carboxylic acids is 1. The average Bonchev–Trinajstić information content (AvgIpc) is 2.55. The van der Waals surface area contributed by atoms with E-state index < -0.39 is 9.84 Å². The van der Waals surface area contributed by atoms with Crippen LogP contribution in [0.2, 0.25) is 5.02 Å². The van der Waals surface area contributed by atoms with E-state index in [4.69, 9.17) is 11.6 Å². The number of hydrogen-bond acceptors (Lipinski definition) is 4. The molecule has 6 nitrogen and oxygen atoms in total. The third kappa shape index (κ3) is 5.00. The van der Waals surface area contributed by atoms with Crippen LogP contribution < -0.4 is 10.2 Å². The smallest absolute Gasteiger partial charge is 0.317 e. The Morgan fingerprint density at radius 3 is 2.48 bits per heavy atom. The Bertz CT molecular complexity index is 643. The molecule has 1 fully saturated rings. The second-order valence-corrected chi connectivity index (χ2v) is 8.27. The molecule has 0 radical (unpaired) electrons. The van der Waals surface area contributed by atoms with Crippen LogP contribution >= 0.6 is 11.6 Å². The number of rotatable bonds is 5. The minimum Gasteiger partial charge on any atom is -0.367 e. The minimum atomic E-state index is -3.05. The van der Waals surface area contributed by atoms with Crippen molar-refractivity contribution in [2.24, 2.45) is 0 Å². The third-order valence-electron chi connectivity index (χ3n) is 3.89. The van der Waals surface area contributed by atoms with Gasteiger partial charge in [-0.05, 0) is 12.1 Å². The van der Waals surface area contributed by atoms with Gasteiger partial charge in [0.2, 0.25) is 0 Å². The lowest BCUT2D eigenvalue weighted by Crippen LogP contribution is -2.52. The van der Waals surface area contributed by atoms with Crippen molar-refractivity contribution in [2.75, 3.05) is 49.1 Å². The summed E-state index contributed by atoms with van der Waals surface area (Å²) in [6.07, 6.45) is 0. The van der Waals surface area contributed by atoms with Crippen molar-refractivity contribution in [3.63, 3.8) is 0 Å². The standard InChI is InChI=1S/C15H22ClN3O3S/c1-2-23(21,22)12-7-17-15(20)19-10-8-18(9-11-19)14-6-4-3-5-13(14)16/h3-6H,2,7-12H2,1H3,(H,17,20). The summed E-state index contributed by atoms with van der Waals surface area (Å²) in [6.45, 7) is 4.31. The summed E-state index contributed by atoms with van der Waals surface area (Å²) in [5, 5.41) is 3.38.